The number of fused-ring (bicyclic) bond motifs is 1. The van der Waals surface area contributed by atoms with E-state index in [0.29, 0.717) is 0 Å². The Morgan fingerprint density at radius 1 is 1.15 bits per heavy atom. The van der Waals surface area contributed by atoms with Crippen LogP contribution in [0.2, 0.25) is 0 Å². The molecular formula is C11H14N2. The fourth-order valence-electron chi connectivity index (χ4n) is 1.26. The summed E-state index contributed by atoms with van der Waals surface area (Å²) in [4.78, 5) is 8.69. The van der Waals surface area contributed by atoms with Gasteiger partial charge in [0.25, 0.3) is 0 Å². The van der Waals surface area contributed by atoms with Gasteiger partial charge in [0.15, 0.2) is 0 Å². The highest BCUT2D eigenvalue weighted by molar-refractivity contribution is 5.77. The van der Waals surface area contributed by atoms with Gasteiger partial charge >= 0.3 is 0 Å². The summed E-state index contributed by atoms with van der Waals surface area (Å²) in [5.74, 6) is 0. The maximum Gasteiger partial charge on any atom is 0.0919 e. The molecule has 2 heteroatoms. The minimum Gasteiger partial charge on any atom is -0.253 e. The van der Waals surface area contributed by atoms with Crippen LogP contribution < -0.4 is 0 Å². The zero-order chi connectivity index (χ0) is 8.55. The molecule has 1 aromatic heterocycles. The standard InChI is InChI=1S/C10H10N2.CH4/c1-7-4-3-5-9-10(7)12-8(2)6-11-9;/h3-6H,1-2H3;1H4. The molecular weight excluding hydrogens is 160 g/mol. The zero-order valence-corrected chi connectivity index (χ0v) is 7.20. The zero-order valence-electron chi connectivity index (χ0n) is 7.20. The van der Waals surface area contributed by atoms with Crippen molar-refractivity contribution in [1.29, 1.82) is 0 Å². The van der Waals surface area contributed by atoms with E-state index in [9.17, 15) is 0 Å². The Morgan fingerprint density at radius 3 is 2.69 bits per heavy atom. The van der Waals surface area contributed by atoms with Crippen LogP contribution in [-0.4, -0.2) is 9.97 Å². The lowest BCUT2D eigenvalue weighted by Crippen LogP contribution is -1.88. The Labute approximate surface area is 78.7 Å². The van der Waals surface area contributed by atoms with Gasteiger partial charge in [-0.2, -0.15) is 0 Å². The average Bonchev–Trinajstić information content (AvgIpc) is 2.07. The van der Waals surface area contributed by atoms with E-state index in [1.165, 1.54) is 5.56 Å². The predicted octanol–water partition coefficient (Wildman–Crippen LogP) is 2.88. The number of hydrogen-bond acceptors (Lipinski definition) is 2. The van der Waals surface area contributed by atoms with Crippen LogP contribution in [0.1, 0.15) is 18.7 Å². The van der Waals surface area contributed by atoms with Crippen LogP contribution in [0.3, 0.4) is 0 Å². The fourth-order valence-corrected chi connectivity index (χ4v) is 1.26. The van der Waals surface area contributed by atoms with Gasteiger partial charge in [-0.15, -0.1) is 0 Å². The summed E-state index contributed by atoms with van der Waals surface area (Å²) in [5.41, 5.74) is 4.14. The van der Waals surface area contributed by atoms with E-state index in [2.05, 4.69) is 23.0 Å². The molecule has 2 aromatic rings. The first kappa shape index (κ1) is 9.65. The smallest absolute Gasteiger partial charge is 0.0919 e. The molecule has 2 rings (SSSR count). The Morgan fingerprint density at radius 2 is 1.92 bits per heavy atom. The van der Waals surface area contributed by atoms with Crippen molar-refractivity contribution in [2.45, 2.75) is 21.3 Å². The van der Waals surface area contributed by atoms with Crippen molar-refractivity contribution < 1.29 is 0 Å². The van der Waals surface area contributed by atoms with Crippen LogP contribution in [0.4, 0.5) is 0 Å². The van der Waals surface area contributed by atoms with Crippen LogP contribution in [-0.2, 0) is 0 Å². The third-order valence-electron chi connectivity index (χ3n) is 1.90. The Balaban J connectivity index is 0.000000845. The van der Waals surface area contributed by atoms with Crippen LogP contribution >= 0.6 is 0 Å². The normalized spacial score (nSPS) is 9.69. The van der Waals surface area contributed by atoms with E-state index in [0.717, 1.165) is 16.7 Å². The van der Waals surface area contributed by atoms with Crippen molar-refractivity contribution in [2.24, 2.45) is 0 Å². The maximum absolute atomic E-state index is 4.41. The molecule has 0 aliphatic carbocycles. The van der Waals surface area contributed by atoms with Gasteiger partial charge in [-0.05, 0) is 25.5 Å². The topological polar surface area (TPSA) is 25.8 Å². The highest BCUT2D eigenvalue weighted by atomic mass is 14.8. The first-order chi connectivity index (χ1) is 5.77. The summed E-state index contributed by atoms with van der Waals surface area (Å²) in [7, 11) is 0. The summed E-state index contributed by atoms with van der Waals surface area (Å²) in [5, 5.41) is 0. The molecule has 0 spiro atoms. The van der Waals surface area contributed by atoms with E-state index < -0.39 is 0 Å². The van der Waals surface area contributed by atoms with Gasteiger partial charge in [-0.25, -0.2) is 4.98 Å². The fraction of sp³-hybridized carbons (Fsp3) is 0.273. The van der Waals surface area contributed by atoms with E-state index >= 15 is 0 Å². The highest BCUT2D eigenvalue weighted by Crippen LogP contribution is 2.12. The van der Waals surface area contributed by atoms with Crippen molar-refractivity contribution in [3.8, 4) is 0 Å². The minimum atomic E-state index is 0. The number of nitrogens with zero attached hydrogens (tertiary/aromatic N) is 2. The molecule has 0 aliphatic heterocycles. The molecule has 0 radical (unpaired) electrons. The molecule has 0 saturated carbocycles. The third kappa shape index (κ3) is 1.66. The Hall–Kier alpha value is -1.44. The molecule has 13 heavy (non-hydrogen) atoms. The van der Waals surface area contributed by atoms with E-state index in [4.69, 9.17) is 0 Å². The van der Waals surface area contributed by atoms with E-state index in [-0.39, 0.29) is 7.43 Å². The molecule has 0 aliphatic rings. The summed E-state index contributed by atoms with van der Waals surface area (Å²) in [6.45, 7) is 4.01. The van der Waals surface area contributed by atoms with Gasteiger partial charge in [0.05, 0.1) is 16.7 Å². The van der Waals surface area contributed by atoms with Gasteiger partial charge in [0, 0.05) is 6.20 Å². The third-order valence-corrected chi connectivity index (χ3v) is 1.90. The van der Waals surface area contributed by atoms with Crippen molar-refractivity contribution in [3.05, 3.63) is 35.7 Å². The van der Waals surface area contributed by atoms with Gasteiger partial charge in [0.1, 0.15) is 0 Å². The molecule has 2 nitrogen and oxygen atoms in total. The number of rotatable bonds is 0. The van der Waals surface area contributed by atoms with E-state index in [1.54, 1.807) is 6.20 Å². The number of aryl methyl sites for hydroxylation is 2. The molecule has 0 saturated heterocycles. The number of benzene rings is 1. The Bertz CT molecular complexity index is 421. The molecule has 0 fully saturated rings. The highest BCUT2D eigenvalue weighted by Gasteiger charge is 1.98. The lowest BCUT2D eigenvalue weighted by Gasteiger charge is -1.99. The summed E-state index contributed by atoms with van der Waals surface area (Å²) in [6, 6.07) is 6.03. The van der Waals surface area contributed by atoms with Crippen LogP contribution in [0.15, 0.2) is 24.4 Å². The molecule has 0 atom stereocenters. The second kappa shape index (κ2) is 3.52. The summed E-state index contributed by atoms with van der Waals surface area (Å²) >= 11 is 0. The number of hydrogen-bond donors (Lipinski definition) is 0. The van der Waals surface area contributed by atoms with Crippen LogP contribution in [0.25, 0.3) is 11.0 Å². The molecule has 0 N–H and O–H groups in total. The molecule has 1 aromatic carbocycles. The maximum atomic E-state index is 4.41. The molecule has 0 amide bonds. The molecule has 0 bridgehead atoms. The van der Waals surface area contributed by atoms with E-state index in [1.807, 2.05) is 19.1 Å². The number of aromatic nitrogens is 2. The second-order valence-electron chi connectivity index (χ2n) is 2.95. The van der Waals surface area contributed by atoms with Crippen molar-refractivity contribution in [1.82, 2.24) is 9.97 Å². The average molecular weight is 174 g/mol. The van der Waals surface area contributed by atoms with Gasteiger partial charge in [-0.3, -0.25) is 4.98 Å². The van der Waals surface area contributed by atoms with Crippen LogP contribution in [0, 0.1) is 13.8 Å². The van der Waals surface area contributed by atoms with Gasteiger partial charge < -0.3 is 0 Å². The first-order valence-electron chi connectivity index (χ1n) is 3.96. The summed E-state index contributed by atoms with van der Waals surface area (Å²) in [6.07, 6.45) is 1.79. The van der Waals surface area contributed by atoms with Gasteiger partial charge in [-0.1, -0.05) is 19.6 Å². The predicted molar refractivity (Wildman–Crippen MR) is 55.7 cm³/mol. The second-order valence-corrected chi connectivity index (χ2v) is 2.95. The first-order valence-corrected chi connectivity index (χ1v) is 3.96. The minimum absolute atomic E-state index is 0. The molecule has 68 valence electrons. The number of para-hydroxylation sites is 1. The monoisotopic (exact) mass is 174 g/mol. The van der Waals surface area contributed by atoms with Crippen molar-refractivity contribution >= 4 is 11.0 Å². The van der Waals surface area contributed by atoms with Crippen LogP contribution in [0.5, 0.6) is 0 Å². The lowest BCUT2D eigenvalue weighted by atomic mass is 10.2. The molecule has 0 unspecified atom stereocenters. The molecule has 1 heterocycles. The lowest BCUT2D eigenvalue weighted by molar-refractivity contribution is 1.17. The van der Waals surface area contributed by atoms with Crippen molar-refractivity contribution in [2.75, 3.05) is 0 Å². The SMILES string of the molecule is C.Cc1cnc2cccc(C)c2n1. The quantitative estimate of drug-likeness (QED) is 0.613. The largest absolute Gasteiger partial charge is 0.253 e. The van der Waals surface area contributed by atoms with Crippen molar-refractivity contribution in [3.63, 3.8) is 0 Å². The van der Waals surface area contributed by atoms with Gasteiger partial charge in [0.2, 0.25) is 0 Å². The summed E-state index contributed by atoms with van der Waals surface area (Å²) < 4.78 is 0. The Kier molecular flexibility index (Phi) is 2.61.